The number of amidine groups is 1. The molecule has 0 aromatic heterocycles. The van der Waals surface area contributed by atoms with Gasteiger partial charge in [-0.1, -0.05) is 54.6 Å². The molecule has 2 atom stereocenters. The van der Waals surface area contributed by atoms with Crippen molar-refractivity contribution in [1.82, 2.24) is 10.2 Å². The normalized spacial score (nSPS) is 20.7. The quantitative estimate of drug-likeness (QED) is 0.205. The van der Waals surface area contributed by atoms with E-state index in [4.69, 9.17) is 10.1 Å². The lowest BCUT2D eigenvalue weighted by Crippen LogP contribution is -2.46. The first-order valence-corrected chi connectivity index (χ1v) is 13.7. The zero-order valence-corrected chi connectivity index (χ0v) is 21.5. The van der Waals surface area contributed by atoms with Gasteiger partial charge in [-0.05, 0) is 23.8 Å². The van der Waals surface area contributed by atoms with E-state index in [0.717, 1.165) is 4.90 Å². The van der Waals surface area contributed by atoms with Gasteiger partial charge in [0.1, 0.15) is 25.2 Å². The van der Waals surface area contributed by atoms with Crippen LogP contribution in [0.25, 0.3) is 11.1 Å². The molecule has 0 saturated carbocycles. The van der Waals surface area contributed by atoms with Crippen LogP contribution in [0.15, 0.2) is 82.6 Å². The average Bonchev–Trinajstić information content (AvgIpc) is 3.43. The molecule has 0 radical (unpaired) electrons. The number of rotatable bonds is 7. The Bertz CT molecular complexity index is 1560. The lowest BCUT2D eigenvalue weighted by Gasteiger charge is -2.25. The van der Waals surface area contributed by atoms with Crippen LogP contribution in [0.2, 0.25) is 0 Å². The first-order chi connectivity index (χ1) is 18.6. The van der Waals surface area contributed by atoms with E-state index in [1.165, 1.54) is 18.2 Å². The minimum Gasteiger partial charge on any atom is -0.459 e. The van der Waals surface area contributed by atoms with Gasteiger partial charge in [0.15, 0.2) is 5.67 Å². The lowest BCUT2D eigenvalue weighted by molar-refractivity contribution is -0.149. The molecule has 2 aliphatic heterocycles. The van der Waals surface area contributed by atoms with Crippen molar-refractivity contribution in [2.75, 3.05) is 19.8 Å². The largest absolute Gasteiger partial charge is 0.459 e. The van der Waals surface area contributed by atoms with Crippen LogP contribution in [0.5, 0.6) is 0 Å². The molecule has 3 aromatic carbocycles. The molecule has 202 valence electrons. The van der Waals surface area contributed by atoms with Crippen LogP contribution in [0.1, 0.15) is 22.3 Å². The third-order valence-corrected chi connectivity index (χ3v) is 8.74. The molecule has 2 N–H and O–H groups in total. The molecule has 2 heterocycles. The number of carbonyl (C=O) groups excluding carboxylic acids is 2. The topological polar surface area (TPSA) is 117 Å². The number of halogens is 2. The van der Waals surface area contributed by atoms with Crippen LogP contribution in [0.4, 0.5) is 8.78 Å². The number of benzene rings is 3. The number of nitrogens with one attached hydrogen (secondary N) is 2. The Morgan fingerprint density at radius 1 is 1.03 bits per heavy atom. The first-order valence-electron chi connectivity index (χ1n) is 12.2. The Morgan fingerprint density at radius 2 is 1.72 bits per heavy atom. The molecular formula is C28H25F2N3O5S. The van der Waals surface area contributed by atoms with E-state index in [1.807, 2.05) is 0 Å². The van der Waals surface area contributed by atoms with Crippen molar-refractivity contribution >= 4 is 27.5 Å². The van der Waals surface area contributed by atoms with Crippen LogP contribution in [-0.4, -0.2) is 62.5 Å². The number of sulfone groups is 1. The lowest BCUT2D eigenvalue weighted by atomic mass is 10.0. The average molecular weight is 554 g/mol. The van der Waals surface area contributed by atoms with Crippen molar-refractivity contribution in [3.8, 4) is 11.1 Å². The minimum atomic E-state index is -3.78. The third-order valence-electron chi connectivity index (χ3n) is 6.89. The van der Waals surface area contributed by atoms with Crippen molar-refractivity contribution in [3.05, 3.63) is 83.9 Å². The summed E-state index contributed by atoms with van der Waals surface area (Å²) < 4.78 is 59.6. The summed E-state index contributed by atoms with van der Waals surface area (Å²) >= 11 is 0. The van der Waals surface area contributed by atoms with Crippen molar-refractivity contribution < 1.29 is 31.5 Å². The summed E-state index contributed by atoms with van der Waals surface area (Å²) in [7, 11) is -3.78. The van der Waals surface area contributed by atoms with Crippen LogP contribution < -0.4 is 5.32 Å². The molecule has 1 fully saturated rings. The van der Waals surface area contributed by atoms with Crippen LogP contribution >= 0.6 is 0 Å². The molecule has 2 aliphatic rings. The van der Waals surface area contributed by atoms with Gasteiger partial charge in [0, 0.05) is 23.1 Å². The number of likely N-dealkylation sites (tertiary alicyclic amines) is 1. The van der Waals surface area contributed by atoms with Gasteiger partial charge in [-0.2, -0.15) is 0 Å². The number of esters is 1. The van der Waals surface area contributed by atoms with E-state index >= 15 is 0 Å². The third kappa shape index (κ3) is 5.01. The molecule has 0 bridgehead atoms. The Kier molecular flexibility index (Phi) is 6.94. The molecule has 1 saturated heterocycles. The highest BCUT2D eigenvalue weighted by molar-refractivity contribution is 7.92. The number of fused-ring (bicyclic) bond motifs is 3. The molecule has 39 heavy (non-hydrogen) atoms. The van der Waals surface area contributed by atoms with Crippen molar-refractivity contribution in [1.29, 1.82) is 5.41 Å². The second kappa shape index (κ2) is 10.2. The summed E-state index contributed by atoms with van der Waals surface area (Å²) in [5.74, 6) is -1.77. The smallest absolute Gasteiger partial charge is 0.329 e. The number of carbonyl (C=O) groups is 2. The Hall–Kier alpha value is -4.12. The molecule has 1 unspecified atom stereocenters. The van der Waals surface area contributed by atoms with Crippen LogP contribution in [-0.2, 0) is 26.0 Å². The Morgan fingerprint density at radius 3 is 2.46 bits per heavy atom. The number of hydrogen-bond donors (Lipinski definition) is 2. The van der Waals surface area contributed by atoms with E-state index < -0.39 is 59.6 Å². The van der Waals surface area contributed by atoms with E-state index in [9.17, 15) is 26.8 Å². The number of nitrogens with zero attached hydrogens (tertiary/aromatic N) is 1. The predicted molar refractivity (Wildman–Crippen MR) is 139 cm³/mol. The number of ether oxygens (including phenoxy) is 1. The molecule has 1 amide bonds. The highest BCUT2D eigenvalue weighted by Gasteiger charge is 2.49. The molecular weight excluding hydrogens is 528 g/mol. The van der Waals surface area contributed by atoms with E-state index in [0.29, 0.717) is 16.7 Å². The fourth-order valence-corrected chi connectivity index (χ4v) is 6.58. The second-order valence-corrected chi connectivity index (χ2v) is 11.5. The van der Waals surface area contributed by atoms with Crippen molar-refractivity contribution in [3.63, 3.8) is 0 Å². The molecule has 5 rings (SSSR count). The van der Waals surface area contributed by atoms with Gasteiger partial charge in [0.2, 0.25) is 9.84 Å². The molecule has 3 aromatic rings. The SMILES string of the molecule is N=C(CNC(=O)c1ccc2c(c1)S(=O)(=O)c1ccccc1-2)N1C[C@@](F)(CF)CC1C(=O)OCc1ccccc1. The standard InChI is InChI=1S/C28H25F2N3O5S/c29-16-28(30)13-22(27(35)38-15-18-6-2-1-3-7-18)33(17-28)25(31)14-32-26(34)19-10-11-21-20-8-4-5-9-23(20)39(36,37)24(21)12-19/h1-12,22,31H,13-17H2,(H,32,34)/t22?,28-/m0/s1. The summed E-state index contributed by atoms with van der Waals surface area (Å²) in [6, 6.07) is 18.5. The Labute approximate surface area is 224 Å². The summed E-state index contributed by atoms with van der Waals surface area (Å²) in [5.41, 5.74) is -0.510. The number of alkyl halides is 2. The predicted octanol–water partition coefficient (Wildman–Crippen LogP) is 3.70. The summed E-state index contributed by atoms with van der Waals surface area (Å²) in [4.78, 5) is 26.9. The summed E-state index contributed by atoms with van der Waals surface area (Å²) in [6.07, 6.45) is -0.489. The number of amides is 1. The van der Waals surface area contributed by atoms with Gasteiger partial charge < -0.3 is 15.0 Å². The zero-order valence-electron chi connectivity index (χ0n) is 20.7. The molecule has 11 heteroatoms. The number of hydrogen-bond acceptors (Lipinski definition) is 6. The fourth-order valence-electron chi connectivity index (χ4n) is 4.87. The van der Waals surface area contributed by atoms with E-state index in [2.05, 4.69) is 5.32 Å². The first kappa shape index (κ1) is 26.5. The van der Waals surface area contributed by atoms with E-state index in [-0.39, 0.29) is 27.8 Å². The second-order valence-electron chi connectivity index (χ2n) is 9.57. The molecule has 8 nitrogen and oxygen atoms in total. The summed E-state index contributed by atoms with van der Waals surface area (Å²) in [5, 5.41) is 10.9. The highest BCUT2D eigenvalue weighted by Crippen LogP contribution is 2.43. The maximum Gasteiger partial charge on any atom is 0.329 e. The minimum absolute atomic E-state index is 0.0114. The highest BCUT2D eigenvalue weighted by atomic mass is 32.2. The van der Waals surface area contributed by atoms with Gasteiger partial charge in [-0.25, -0.2) is 22.0 Å². The van der Waals surface area contributed by atoms with Gasteiger partial charge in [-0.3, -0.25) is 10.2 Å². The fraction of sp³-hybridized carbons (Fsp3) is 0.250. The van der Waals surface area contributed by atoms with Crippen molar-refractivity contribution in [2.45, 2.75) is 34.5 Å². The molecule has 0 spiro atoms. The Balaban J connectivity index is 1.26. The zero-order chi connectivity index (χ0) is 27.8. The monoisotopic (exact) mass is 553 g/mol. The van der Waals surface area contributed by atoms with E-state index in [1.54, 1.807) is 54.6 Å². The van der Waals surface area contributed by atoms with Gasteiger partial charge in [-0.15, -0.1) is 0 Å². The van der Waals surface area contributed by atoms with Crippen LogP contribution in [0.3, 0.4) is 0 Å². The van der Waals surface area contributed by atoms with Gasteiger partial charge in [0.05, 0.1) is 22.9 Å². The van der Waals surface area contributed by atoms with Gasteiger partial charge >= 0.3 is 5.97 Å². The molecule has 0 aliphatic carbocycles. The summed E-state index contributed by atoms with van der Waals surface area (Å²) in [6.45, 7) is -2.34. The van der Waals surface area contributed by atoms with Crippen molar-refractivity contribution in [2.24, 2.45) is 0 Å². The van der Waals surface area contributed by atoms with Crippen LogP contribution in [0, 0.1) is 5.41 Å². The van der Waals surface area contributed by atoms with Gasteiger partial charge in [0.25, 0.3) is 5.91 Å². The maximum atomic E-state index is 14.9. The maximum absolute atomic E-state index is 14.9.